The number of unbranched alkanes of at least 4 members (excludes halogenated alkanes) is 10. The van der Waals surface area contributed by atoms with Crippen molar-refractivity contribution in [2.24, 2.45) is 0 Å². The van der Waals surface area contributed by atoms with E-state index in [1.807, 2.05) is 6.08 Å². The van der Waals surface area contributed by atoms with Crippen LogP contribution < -0.4 is 5.32 Å². The highest BCUT2D eigenvalue weighted by atomic mass is 16.5. The first kappa shape index (κ1) is 34.6. The molecule has 1 unspecified atom stereocenters. The van der Waals surface area contributed by atoms with Gasteiger partial charge in [-0.05, 0) is 63.9 Å². The maximum absolute atomic E-state index is 12.4. The molecule has 1 atom stereocenters. The van der Waals surface area contributed by atoms with Gasteiger partial charge in [-0.1, -0.05) is 89.2 Å². The smallest absolute Gasteiger partial charge is 0.322 e. The normalized spacial score (nSPS) is 12.5. The lowest BCUT2D eigenvalue weighted by Gasteiger charge is -2.15. The third-order valence-corrected chi connectivity index (χ3v) is 5.98. The van der Waals surface area contributed by atoms with Crippen LogP contribution in [0.1, 0.15) is 129 Å². The number of aliphatic carboxylic acids is 1. The summed E-state index contributed by atoms with van der Waals surface area (Å²) in [6.07, 6.45) is 30.2. The first-order valence-corrected chi connectivity index (χ1v) is 14.6. The molecule has 0 rings (SSSR count). The van der Waals surface area contributed by atoms with Crippen LogP contribution in [-0.2, 0) is 19.1 Å². The molecule has 1 amide bonds. The van der Waals surface area contributed by atoms with Gasteiger partial charge in [-0.2, -0.15) is 0 Å². The molecule has 0 spiro atoms. The van der Waals surface area contributed by atoms with E-state index in [0.717, 1.165) is 77.0 Å². The number of allylic oxidation sites excluding steroid dienone is 5. The van der Waals surface area contributed by atoms with Crippen molar-refractivity contribution < 1.29 is 24.2 Å². The number of hydrogen-bond acceptors (Lipinski definition) is 4. The molecule has 6 heteroatoms. The third kappa shape index (κ3) is 26.5. The van der Waals surface area contributed by atoms with Gasteiger partial charge in [-0.25, -0.2) is 0 Å². The van der Waals surface area contributed by atoms with Crippen LogP contribution in [-0.4, -0.2) is 35.6 Å². The molecular formula is C31H53NO5. The summed E-state index contributed by atoms with van der Waals surface area (Å²) in [6, 6.07) is 0. The van der Waals surface area contributed by atoms with Crippen LogP contribution in [0.5, 0.6) is 0 Å². The van der Waals surface area contributed by atoms with Crippen molar-refractivity contribution in [1.29, 1.82) is 0 Å². The van der Waals surface area contributed by atoms with Crippen LogP contribution in [0.3, 0.4) is 0 Å². The second-order valence-electron chi connectivity index (χ2n) is 9.64. The monoisotopic (exact) mass is 519 g/mol. The summed E-state index contributed by atoms with van der Waals surface area (Å²) in [5.41, 5.74) is 0. The molecule has 0 aliphatic carbocycles. The van der Waals surface area contributed by atoms with E-state index in [9.17, 15) is 14.4 Å². The quantitative estimate of drug-likeness (QED) is 0.0728. The SMILES string of the molecule is CCC/C=C\C/C=C\CCCCCCCC(=O)OC(/C=C\CCC)CCCCCCC(=O)NCC(=O)O. The highest BCUT2D eigenvalue weighted by Gasteiger charge is 2.11. The van der Waals surface area contributed by atoms with Crippen molar-refractivity contribution in [3.8, 4) is 0 Å². The molecule has 0 aliphatic rings. The summed E-state index contributed by atoms with van der Waals surface area (Å²) in [5.74, 6) is -1.37. The average Bonchev–Trinajstić information content (AvgIpc) is 2.87. The minimum Gasteiger partial charge on any atom is -0.480 e. The van der Waals surface area contributed by atoms with Crippen LogP contribution in [0.4, 0.5) is 0 Å². The molecule has 0 saturated heterocycles. The van der Waals surface area contributed by atoms with Crippen molar-refractivity contribution in [3.63, 3.8) is 0 Å². The summed E-state index contributed by atoms with van der Waals surface area (Å²) in [6.45, 7) is 3.99. The lowest BCUT2D eigenvalue weighted by atomic mass is 10.1. The molecule has 2 N–H and O–H groups in total. The zero-order valence-corrected chi connectivity index (χ0v) is 23.6. The molecule has 0 aliphatic heterocycles. The van der Waals surface area contributed by atoms with Crippen molar-refractivity contribution in [2.45, 2.75) is 136 Å². The number of carbonyl (C=O) groups excluding carboxylic acids is 2. The molecule has 0 heterocycles. The van der Waals surface area contributed by atoms with E-state index >= 15 is 0 Å². The molecule has 0 saturated carbocycles. The summed E-state index contributed by atoms with van der Waals surface area (Å²) < 4.78 is 5.74. The highest BCUT2D eigenvalue weighted by molar-refractivity contribution is 5.80. The van der Waals surface area contributed by atoms with E-state index in [1.165, 1.54) is 25.7 Å². The summed E-state index contributed by atoms with van der Waals surface area (Å²) in [7, 11) is 0. The Labute approximate surface area is 226 Å². The third-order valence-electron chi connectivity index (χ3n) is 5.98. The minimum absolute atomic E-state index is 0.111. The fraction of sp³-hybridized carbons (Fsp3) is 0.710. The summed E-state index contributed by atoms with van der Waals surface area (Å²) >= 11 is 0. The Bertz CT molecular complexity index is 669. The van der Waals surface area contributed by atoms with Crippen molar-refractivity contribution >= 4 is 17.8 Å². The summed E-state index contributed by atoms with van der Waals surface area (Å²) in [5, 5.41) is 11.0. The number of rotatable bonds is 25. The number of ether oxygens (including phenoxy) is 1. The average molecular weight is 520 g/mol. The molecule has 0 fully saturated rings. The zero-order valence-electron chi connectivity index (χ0n) is 23.6. The van der Waals surface area contributed by atoms with Gasteiger partial charge in [0.2, 0.25) is 5.91 Å². The Morgan fingerprint density at radius 3 is 2.03 bits per heavy atom. The number of amides is 1. The van der Waals surface area contributed by atoms with Crippen molar-refractivity contribution in [3.05, 3.63) is 36.5 Å². The van der Waals surface area contributed by atoms with Gasteiger partial charge in [-0.3, -0.25) is 14.4 Å². The first-order chi connectivity index (χ1) is 18.0. The topological polar surface area (TPSA) is 92.7 Å². The van der Waals surface area contributed by atoms with Gasteiger partial charge < -0.3 is 15.2 Å². The number of esters is 1. The van der Waals surface area contributed by atoms with Gasteiger partial charge in [0.05, 0.1) is 0 Å². The van der Waals surface area contributed by atoms with Crippen molar-refractivity contribution in [2.75, 3.05) is 6.54 Å². The molecule has 0 aromatic carbocycles. The standard InChI is InChI=1S/C31H53NO5/c1-3-5-7-8-9-10-11-12-13-14-15-16-22-26-31(36)37-28(23-19-6-4-2)24-20-17-18-21-25-29(33)32-27-30(34)35/h7-8,10-11,19,23,28H,3-6,9,12-18,20-22,24-27H2,1-2H3,(H,32,33)(H,34,35)/b8-7-,11-10-,23-19-. The van der Waals surface area contributed by atoms with Gasteiger partial charge >= 0.3 is 11.9 Å². The Morgan fingerprint density at radius 1 is 0.730 bits per heavy atom. The van der Waals surface area contributed by atoms with Gasteiger partial charge in [-0.15, -0.1) is 0 Å². The number of carbonyl (C=O) groups is 3. The molecule has 0 aromatic heterocycles. The van der Waals surface area contributed by atoms with Gasteiger partial charge in [0.1, 0.15) is 12.6 Å². The molecule has 0 bridgehead atoms. The fourth-order valence-corrected chi connectivity index (χ4v) is 3.82. The largest absolute Gasteiger partial charge is 0.480 e. The van der Waals surface area contributed by atoms with E-state index in [4.69, 9.17) is 9.84 Å². The molecule has 0 aromatic rings. The molecule has 6 nitrogen and oxygen atoms in total. The van der Waals surface area contributed by atoms with Crippen molar-refractivity contribution in [1.82, 2.24) is 5.32 Å². The second kappa shape index (κ2) is 26.7. The van der Waals surface area contributed by atoms with Crippen LogP contribution in [0, 0.1) is 0 Å². The van der Waals surface area contributed by atoms with Crippen LogP contribution in [0.25, 0.3) is 0 Å². The Morgan fingerprint density at radius 2 is 1.32 bits per heavy atom. The lowest BCUT2D eigenvalue weighted by Crippen LogP contribution is -2.28. The highest BCUT2D eigenvalue weighted by Crippen LogP contribution is 2.14. The Kier molecular flexibility index (Phi) is 25.0. The lowest BCUT2D eigenvalue weighted by molar-refractivity contribution is -0.147. The Hall–Kier alpha value is -2.37. The van der Waals surface area contributed by atoms with E-state index < -0.39 is 5.97 Å². The number of carboxylic acids is 1. The predicted octanol–water partition coefficient (Wildman–Crippen LogP) is 7.83. The van der Waals surface area contributed by atoms with Crippen LogP contribution >= 0.6 is 0 Å². The fourth-order valence-electron chi connectivity index (χ4n) is 3.82. The number of hydrogen-bond donors (Lipinski definition) is 2. The maximum Gasteiger partial charge on any atom is 0.322 e. The van der Waals surface area contributed by atoms with Crippen LogP contribution in [0.2, 0.25) is 0 Å². The van der Waals surface area contributed by atoms with Gasteiger partial charge in [0, 0.05) is 12.8 Å². The molecule has 212 valence electrons. The van der Waals surface area contributed by atoms with E-state index in [-0.39, 0.29) is 24.5 Å². The van der Waals surface area contributed by atoms with Gasteiger partial charge in [0.25, 0.3) is 0 Å². The predicted molar refractivity (Wildman–Crippen MR) is 152 cm³/mol. The Balaban J connectivity index is 3.96. The number of carboxylic acid groups (broad SMARTS) is 1. The van der Waals surface area contributed by atoms with Gasteiger partial charge in [0.15, 0.2) is 0 Å². The number of nitrogens with one attached hydrogen (secondary N) is 1. The zero-order chi connectivity index (χ0) is 27.4. The molecule has 0 radical (unpaired) electrons. The van der Waals surface area contributed by atoms with E-state index in [0.29, 0.717) is 12.8 Å². The first-order valence-electron chi connectivity index (χ1n) is 14.6. The van der Waals surface area contributed by atoms with E-state index in [2.05, 4.69) is 49.5 Å². The molecule has 37 heavy (non-hydrogen) atoms. The van der Waals surface area contributed by atoms with E-state index in [1.54, 1.807) is 0 Å². The maximum atomic E-state index is 12.4. The second-order valence-corrected chi connectivity index (χ2v) is 9.64. The van der Waals surface area contributed by atoms with Crippen LogP contribution in [0.15, 0.2) is 36.5 Å². The summed E-state index contributed by atoms with van der Waals surface area (Å²) in [4.78, 5) is 34.4. The molecular weight excluding hydrogens is 466 g/mol. The minimum atomic E-state index is -1.03.